The van der Waals surface area contributed by atoms with E-state index in [1.165, 1.54) is 38.8 Å². The Labute approximate surface area is 92.5 Å². The molecule has 0 bridgehead atoms. The molecule has 0 aromatic heterocycles. The Morgan fingerprint density at radius 1 is 1.07 bits per heavy atom. The predicted molar refractivity (Wildman–Crippen MR) is 69.4 cm³/mol. The molecule has 0 atom stereocenters. The van der Waals surface area contributed by atoms with Gasteiger partial charge in [0.05, 0.1) is 0 Å². The van der Waals surface area contributed by atoms with Gasteiger partial charge in [-0.1, -0.05) is 51.8 Å². The van der Waals surface area contributed by atoms with Crippen molar-refractivity contribution in [2.24, 2.45) is 0 Å². The van der Waals surface area contributed by atoms with Crippen LogP contribution in [0.25, 0.3) is 0 Å². The molecule has 0 unspecified atom stereocenters. The van der Waals surface area contributed by atoms with Crippen molar-refractivity contribution in [3.05, 3.63) is 11.3 Å². The van der Waals surface area contributed by atoms with Crippen molar-refractivity contribution in [2.75, 3.05) is 13.1 Å². The third-order valence-electron chi connectivity index (χ3n) is 2.61. The van der Waals surface area contributed by atoms with E-state index in [1.54, 1.807) is 5.20 Å². The van der Waals surface area contributed by atoms with Crippen LogP contribution in [0.15, 0.2) is 11.3 Å². The monoisotopic (exact) mass is 213 g/mol. The SMILES string of the molecule is CCCC=C(CCC)[SiH2]N(CC)CC. The first-order valence-electron chi connectivity index (χ1n) is 6.18. The summed E-state index contributed by atoms with van der Waals surface area (Å²) in [6.07, 6.45) is 7.73. The fourth-order valence-electron chi connectivity index (χ4n) is 1.65. The van der Waals surface area contributed by atoms with Gasteiger partial charge in [0.15, 0.2) is 0 Å². The summed E-state index contributed by atoms with van der Waals surface area (Å²) in [4.78, 5) is 0. The number of unbranched alkanes of at least 4 members (excludes halogenated alkanes) is 1. The van der Waals surface area contributed by atoms with E-state index < -0.39 is 0 Å². The lowest BCUT2D eigenvalue weighted by molar-refractivity contribution is 0.495. The van der Waals surface area contributed by atoms with Gasteiger partial charge >= 0.3 is 0 Å². The smallest absolute Gasteiger partial charge is 0.122 e. The highest BCUT2D eigenvalue weighted by Gasteiger charge is 2.03. The van der Waals surface area contributed by atoms with Crippen molar-refractivity contribution in [3.8, 4) is 0 Å². The number of hydrogen-bond donors (Lipinski definition) is 0. The van der Waals surface area contributed by atoms with Crippen molar-refractivity contribution in [3.63, 3.8) is 0 Å². The predicted octanol–water partition coefficient (Wildman–Crippen LogP) is 2.90. The molecule has 0 saturated heterocycles. The van der Waals surface area contributed by atoms with Gasteiger partial charge in [-0.15, -0.1) is 0 Å². The molecule has 14 heavy (non-hydrogen) atoms. The first-order chi connectivity index (χ1) is 6.78. The molecule has 0 heterocycles. The van der Waals surface area contributed by atoms with E-state index in [4.69, 9.17) is 0 Å². The summed E-state index contributed by atoms with van der Waals surface area (Å²) in [7, 11) is -0.0976. The first-order valence-corrected chi connectivity index (χ1v) is 7.52. The zero-order valence-corrected chi connectivity index (χ0v) is 11.9. The lowest BCUT2D eigenvalue weighted by Crippen LogP contribution is -2.28. The van der Waals surface area contributed by atoms with Crippen molar-refractivity contribution < 1.29 is 0 Å². The number of hydrogen-bond acceptors (Lipinski definition) is 1. The van der Waals surface area contributed by atoms with E-state index in [9.17, 15) is 0 Å². The second-order valence-electron chi connectivity index (χ2n) is 3.86. The molecule has 0 aliphatic carbocycles. The van der Waals surface area contributed by atoms with Crippen LogP contribution in [0.3, 0.4) is 0 Å². The second-order valence-corrected chi connectivity index (χ2v) is 5.98. The molecule has 84 valence electrons. The molecule has 0 aliphatic rings. The standard InChI is InChI=1S/C12H27NSi/c1-5-9-11-12(10-6-2)14-13(7-3)8-4/h11H,5-10,14H2,1-4H3. The molecular weight excluding hydrogens is 186 g/mol. The van der Waals surface area contributed by atoms with Crippen LogP contribution in [0.2, 0.25) is 0 Å². The zero-order valence-electron chi connectivity index (χ0n) is 10.5. The maximum Gasteiger partial charge on any atom is 0.122 e. The average molecular weight is 213 g/mol. The first kappa shape index (κ1) is 13.9. The van der Waals surface area contributed by atoms with Crippen LogP contribution < -0.4 is 0 Å². The molecule has 0 aliphatic heterocycles. The number of allylic oxidation sites excluding steroid dienone is 2. The maximum absolute atomic E-state index is 2.64. The van der Waals surface area contributed by atoms with E-state index in [-0.39, 0.29) is 9.68 Å². The van der Waals surface area contributed by atoms with Gasteiger partial charge in [0.1, 0.15) is 9.68 Å². The van der Waals surface area contributed by atoms with Crippen LogP contribution >= 0.6 is 0 Å². The van der Waals surface area contributed by atoms with Crippen LogP contribution in [-0.4, -0.2) is 27.3 Å². The maximum atomic E-state index is 2.64. The fraction of sp³-hybridized carbons (Fsp3) is 0.833. The van der Waals surface area contributed by atoms with Crippen LogP contribution in [0.4, 0.5) is 0 Å². The number of rotatable bonds is 8. The molecule has 0 rings (SSSR count). The molecule has 0 amide bonds. The van der Waals surface area contributed by atoms with Crippen molar-refractivity contribution in [2.45, 2.75) is 53.4 Å². The van der Waals surface area contributed by atoms with Crippen LogP contribution in [-0.2, 0) is 0 Å². The van der Waals surface area contributed by atoms with Crippen molar-refractivity contribution >= 4 is 9.68 Å². The van der Waals surface area contributed by atoms with Gasteiger partial charge in [-0.2, -0.15) is 0 Å². The molecule has 0 N–H and O–H groups in total. The second kappa shape index (κ2) is 9.47. The summed E-state index contributed by atoms with van der Waals surface area (Å²) in [6, 6.07) is 0. The van der Waals surface area contributed by atoms with Gasteiger partial charge in [0, 0.05) is 0 Å². The Kier molecular flexibility index (Phi) is 9.41. The topological polar surface area (TPSA) is 3.24 Å². The minimum absolute atomic E-state index is 0.0976. The molecule has 0 fully saturated rings. The Balaban J connectivity index is 4.05. The normalized spacial score (nSPS) is 13.4. The molecule has 0 spiro atoms. The van der Waals surface area contributed by atoms with Gasteiger partial charge in [-0.25, -0.2) is 0 Å². The Bertz CT molecular complexity index is 150. The Morgan fingerprint density at radius 3 is 2.14 bits per heavy atom. The van der Waals surface area contributed by atoms with Crippen LogP contribution in [0.1, 0.15) is 53.4 Å². The van der Waals surface area contributed by atoms with Crippen LogP contribution in [0, 0.1) is 0 Å². The van der Waals surface area contributed by atoms with Crippen LogP contribution in [0.5, 0.6) is 0 Å². The van der Waals surface area contributed by atoms with Gasteiger partial charge in [-0.05, 0) is 25.9 Å². The third-order valence-corrected chi connectivity index (χ3v) is 5.00. The van der Waals surface area contributed by atoms with E-state index >= 15 is 0 Å². The molecular formula is C12H27NSi. The quantitative estimate of drug-likeness (QED) is 0.560. The van der Waals surface area contributed by atoms with Gasteiger partial charge < -0.3 is 4.57 Å². The molecule has 0 radical (unpaired) electrons. The van der Waals surface area contributed by atoms with Crippen molar-refractivity contribution in [1.29, 1.82) is 0 Å². The van der Waals surface area contributed by atoms with Crippen molar-refractivity contribution in [1.82, 2.24) is 4.57 Å². The third kappa shape index (κ3) is 6.38. The minimum Gasteiger partial charge on any atom is -0.326 e. The lowest BCUT2D eigenvalue weighted by atomic mass is 10.2. The largest absolute Gasteiger partial charge is 0.326 e. The van der Waals surface area contributed by atoms with E-state index in [0.29, 0.717) is 0 Å². The average Bonchev–Trinajstić information content (AvgIpc) is 2.22. The summed E-state index contributed by atoms with van der Waals surface area (Å²) in [5.41, 5.74) is 0. The highest BCUT2D eigenvalue weighted by molar-refractivity contribution is 6.42. The zero-order chi connectivity index (χ0) is 10.8. The van der Waals surface area contributed by atoms with E-state index in [0.717, 1.165) is 0 Å². The minimum atomic E-state index is -0.0976. The highest BCUT2D eigenvalue weighted by Crippen LogP contribution is 2.07. The van der Waals surface area contributed by atoms with E-state index in [1.807, 2.05) is 0 Å². The lowest BCUT2D eigenvalue weighted by Gasteiger charge is -2.19. The number of nitrogens with zero attached hydrogens (tertiary/aromatic N) is 1. The van der Waals surface area contributed by atoms with E-state index in [2.05, 4.69) is 38.3 Å². The van der Waals surface area contributed by atoms with Gasteiger partial charge in [0.25, 0.3) is 0 Å². The van der Waals surface area contributed by atoms with Gasteiger partial charge in [0.2, 0.25) is 0 Å². The molecule has 1 nitrogen and oxygen atoms in total. The molecule has 0 aromatic carbocycles. The van der Waals surface area contributed by atoms with Gasteiger partial charge in [-0.3, -0.25) is 0 Å². The summed E-state index contributed by atoms with van der Waals surface area (Å²) in [5.74, 6) is 0. The fourth-order valence-corrected chi connectivity index (χ4v) is 3.52. The summed E-state index contributed by atoms with van der Waals surface area (Å²) in [6.45, 7) is 11.6. The molecule has 0 aromatic rings. The summed E-state index contributed by atoms with van der Waals surface area (Å²) < 4.78 is 2.64. The Hall–Kier alpha value is -0.0831. The molecule has 2 heteroatoms. The summed E-state index contributed by atoms with van der Waals surface area (Å²) in [5, 5.41) is 1.78. The summed E-state index contributed by atoms with van der Waals surface area (Å²) >= 11 is 0. The molecule has 0 saturated carbocycles. The Morgan fingerprint density at radius 2 is 1.71 bits per heavy atom. The highest BCUT2D eigenvalue weighted by atomic mass is 28.2.